The van der Waals surface area contributed by atoms with Gasteiger partial charge in [-0.1, -0.05) is 35.6 Å². The van der Waals surface area contributed by atoms with Crippen LogP contribution < -0.4 is 24.4 Å². The van der Waals surface area contributed by atoms with E-state index in [1.807, 2.05) is 61.5 Å². The Morgan fingerprint density at radius 1 is 1.11 bits per heavy atom. The molecule has 7 nitrogen and oxygen atoms in total. The molecule has 8 heteroatoms. The molecular weight excluding hydrogens is 464 g/mol. The van der Waals surface area contributed by atoms with Gasteiger partial charge in [0.1, 0.15) is 11.5 Å². The normalized spacial score (nSPS) is 15.6. The number of fused-ring (bicyclic) bond motifs is 1. The third-order valence-electron chi connectivity index (χ3n) is 5.50. The number of carbonyl (C=O) groups excluding carboxylic acids is 1. The maximum Gasteiger partial charge on any atom is 0.338 e. The Bertz CT molecular complexity index is 1430. The van der Waals surface area contributed by atoms with Crippen LogP contribution in [0.3, 0.4) is 0 Å². The van der Waals surface area contributed by atoms with Gasteiger partial charge in [-0.3, -0.25) is 9.36 Å². The molecule has 2 heterocycles. The summed E-state index contributed by atoms with van der Waals surface area (Å²) in [5, 5.41) is 0. The van der Waals surface area contributed by atoms with E-state index in [2.05, 4.69) is 4.99 Å². The van der Waals surface area contributed by atoms with E-state index in [1.54, 1.807) is 32.4 Å². The summed E-state index contributed by atoms with van der Waals surface area (Å²) < 4.78 is 18.4. The average molecular weight is 493 g/mol. The highest BCUT2D eigenvalue weighted by Crippen LogP contribution is 2.31. The fourth-order valence-corrected chi connectivity index (χ4v) is 4.99. The number of nitrogens with zero attached hydrogens (tertiary/aromatic N) is 2. The minimum Gasteiger partial charge on any atom is -0.497 e. The van der Waals surface area contributed by atoms with Crippen LogP contribution in [-0.2, 0) is 9.53 Å². The van der Waals surface area contributed by atoms with Crippen molar-refractivity contribution in [2.75, 3.05) is 13.7 Å². The number of carbonyl (C=O) groups is 1. The second-order valence-corrected chi connectivity index (χ2v) is 9.32. The molecule has 1 unspecified atom stereocenters. The molecule has 0 saturated heterocycles. The van der Waals surface area contributed by atoms with Crippen molar-refractivity contribution in [3.8, 4) is 11.5 Å². The predicted octanol–water partition coefficient (Wildman–Crippen LogP) is 3.59. The Labute approximate surface area is 207 Å². The van der Waals surface area contributed by atoms with Gasteiger partial charge in [-0.15, -0.1) is 0 Å². The molecule has 2 aromatic carbocycles. The molecule has 0 radical (unpaired) electrons. The van der Waals surface area contributed by atoms with Crippen LogP contribution in [0.5, 0.6) is 11.5 Å². The van der Waals surface area contributed by atoms with Crippen LogP contribution in [0.4, 0.5) is 0 Å². The van der Waals surface area contributed by atoms with Crippen molar-refractivity contribution in [1.82, 2.24) is 4.57 Å². The van der Waals surface area contributed by atoms with Gasteiger partial charge in [-0.25, -0.2) is 9.79 Å². The van der Waals surface area contributed by atoms with Gasteiger partial charge < -0.3 is 14.2 Å². The molecule has 0 fully saturated rings. The van der Waals surface area contributed by atoms with E-state index >= 15 is 0 Å². The monoisotopic (exact) mass is 492 g/mol. The van der Waals surface area contributed by atoms with E-state index in [0.29, 0.717) is 33.0 Å². The minimum absolute atomic E-state index is 0.217. The third kappa shape index (κ3) is 5.07. The van der Waals surface area contributed by atoms with Crippen LogP contribution in [-0.4, -0.2) is 30.4 Å². The smallest absolute Gasteiger partial charge is 0.338 e. The Morgan fingerprint density at radius 3 is 2.37 bits per heavy atom. The van der Waals surface area contributed by atoms with Crippen LogP contribution >= 0.6 is 11.3 Å². The van der Waals surface area contributed by atoms with Crippen molar-refractivity contribution >= 4 is 23.4 Å². The first-order valence-electron chi connectivity index (χ1n) is 11.4. The Hall–Kier alpha value is -3.65. The molecule has 182 valence electrons. The van der Waals surface area contributed by atoms with Gasteiger partial charge in [-0.2, -0.15) is 0 Å². The number of hydrogen-bond acceptors (Lipinski definition) is 7. The van der Waals surface area contributed by atoms with Gasteiger partial charge in [-0.05, 0) is 69.2 Å². The van der Waals surface area contributed by atoms with Crippen LogP contribution in [0, 0.1) is 0 Å². The molecule has 0 N–H and O–H groups in total. The van der Waals surface area contributed by atoms with E-state index in [1.165, 1.54) is 11.3 Å². The summed E-state index contributed by atoms with van der Waals surface area (Å²) in [5.74, 6) is 0.973. The largest absolute Gasteiger partial charge is 0.497 e. The summed E-state index contributed by atoms with van der Waals surface area (Å²) in [6, 6.07) is 14.2. The number of methoxy groups -OCH3 is 1. The van der Waals surface area contributed by atoms with Gasteiger partial charge in [0.25, 0.3) is 5.56 Å². The van der Waals surface area contributed by atoms with Crippen LogP contribution in [0.2, 0.25) is 0 Å². The van der Waals surface area contributed by atoms with E-state index in [9.17, 15) is 9.59 Å². The lowest BCUT2D eigenvalue weighted by Gasteiger charge is -2.25. The maximum atomic E-state index is 13.6. The van der Waals surface area contributed by atoms with Crippen molar-refractivity contribution < 1.29 is 19.0 Å². The van der Waals surface area contributed by atoms with Crippen molar-refractivity contribution in [2.45, 2.75) is 39.8 Å². The Balaban J connectivity index is 1.87. The quantitative estimate of drug-likeness (QED) is 0.471. The number of allylic oxidation sites excluding steroid dienone is 1. The lowest BCUT2D eigenvalue weighted by molar-refractivity contribution is -0.143. The molecule has 1 atom stereocenters. The molecule has 0 spiro atoms. The van der Waals surface area contributed by atoms with Crippen LogP contribution in [0.1, 0.15) is 44.9 Å². The average Bonchev–Trinajstić information content (AvgIpc) is 3.13. The standard InChI is InChI=1S/C27H28N2O5S/c1-6-33-21-11-7-18(8-12-21)15-22-25(30)29-24(19-9-13-20(32-5)14-10-19)23(26(31)34-16(2)3)17(4)28-27(29)35-22/h7-16,24H,6H2,1-5H3/b22-15+. The highest BCUT2D eigenvalue weighted by molar-refractivity contribution is 7.07. The molecule has 0 amide bonds. The fraction of sp³-hybridized carbons (Fsp3) is 0.296. The highest BCUT2D eigenvalue weighted by Gasteiger charge is 2.33. The number of rotatable bonds is 7. The second-order valence-electron chi connectivity index (χ2n) is 8.31. The molecule has 4 rings (SSSR count). The maximum absolute atomic E-state index is 13.6. The van der Waals surface area contributed by atoms with Gasteiger partial charge in [0.15, 0.2) is 4.80 Å². The molecule has 0 bridgehead atoms. The summed E-state index contributed by atoms with van der Waals surface area (Å²) in [4.78, 5) is 31.9. The molecule has 1 aliphatic heterocycles. The number of esters is 1. The first kappa shape index (κ1) is 24.5. The summed E-state index contributed by atoms with van der Waals surface area (Å²) >= 11 is 1.29. The topological polar surface area (TPSA) is 79.1 Å². The van der Waals surface area contributed by atoms with Crippen molar-refractivity contribution in [2.24, 2.45) is 4.99 Å². The lowest BCUT2D eigenvalue weighted by atomic mass is 9.96. The third-order valence-corrected chi connectivity index (χ3v) is 6.49. The first-order chi connectivity index (χ1) is 16.8. The van der Waals surface area contributed by atoms with E-state index in [4.69, 9.17) is 14.2 Å². The second kappa shape index (κ2) is 10.3. The first-order valence-corrected chi connectivity index (χ1v) is 12.2. The van der Waals surface area contributed by atoms with E-state index in [-0.39, 0.29) is 11.7 Å². The molecule has 0 saturated carbocycles. The summed E-state index contributed by atoms with van der Waals surface area (Å²) in [5.41, 5.74) is 2.31. The summed E-state index contributed by atoms with van der Waals surface area (Å²) in [6.45, 7) is 7.88. The summed E-state index contributed by atoms with van der Waals surface area (Å²) in [7, 11) is 1.59. The SMILES string of the molecule is CCOc1ccc(/C=c2/sc3n(c2=O)C(c2ccc(OC)cc2)C(C(=O)OC(C)C)=C(C)N=3)cc1. The molecule has 35 heavy (non-hydrogen) atoms. The van der Waals surface area contributed by atoms with Crippen molar-refractivity contribution in [3.63, 3.8) is 0 Å². The highest BCUT2D eigenvalue weighted by atomic mass is 32.1. The number of ether oxygens (including phenoxy) is 3. The molecule has 1 aliphatic rings. The van der Waals surface area contributed by atoms with Gasteiger partial charge >= 0.3 is 5.97 Å². The Morgan fingerprint density at radius 2 is 1.77 bits per heavy atom. The molecule has 1 aromatic heterocycles. The number of thiazole rings is 1. The Kier molecular flexibility index (Phi) is 7.21. The van der Waals surface area contributed by atoms with Crippen molar-refractivity contribution in [3.05, 3.63) is 90.6 Å². The van der Waals surface area contributed by atoms with Gasteiger partial charge in [0, 0.05) is 0 Å². The minimum atomic E-state index is -0.661. The van der Waals surface area contributed by atoms with Crippen LogP contribution in [0.15, 0.2) is 69.6 Å². The van der Waals surface area contributed by atoms with Crippen LogP contribution in [0.25, 0.3) is 6.08 Å². The zero-order chi connectivity index (χ0) is 25.1. The van der Waals surface area contributed by atoms with Gasteiger partial charge in [0.05, 0.1) is 41.7 Å². The van der Waals surface area contributed by atoms with E-state index < -0.39 is 12.0 Å². The van der Waals surface area contributed by atoms with E-state index in [0.717, 1.165) is 16.9 Å². The zero-order valence-electron chi connectivity index (χ0n) is 20.4. The molecule has 0 aliphatic carbocycles. The molecule has 3 aromatic rings. The number of aromatic nitrogens is 1. The number of hydrogen-bond donors (Lipinski definition) is 0. The number of benzene rings is 2. The summed E-state index contributed by atoms with van der Waals surface area (Å²) in [6.07, 6.45) is 1.53. The lowest BCUT2D eigenvalue weighted by Crippen LogP contribution is -2.40. The van der Waals surface area contributed by atoms with Crippen molar-refractivity contribution in [1.29, 1.82) is 0 Å². The molecular formula is C27H28N2O5S. The zero-order valence-corrected chi connectivity index (χ0v) is 21.2. The fourth-order valence-electron chi connectivity index (χ4n) is 3.94. The van der Waals surface area contributed by atoms with Gasteiger partial charge in [0.2, 0.25) is 0 Å². The predicted molar refractivity (Wildman–Crippen MR) is 136 cm³/mol.